The van der Waals surface area contributed by atoms with Crippen molar-refractivity contribution in [2.24, 2.45) is 5.10 Å². The molecule has 84 valence electrons. The molecule has 0 unspecified atom stereocenters. The van der Waals surface area contributed by atoms with Gasteiger partial charge in [0.15, 0.2) is 0 Å². The van der Waals surface area contributed by atoms with Crippen LogP contribution in [0.2, 0.25) is 0 Å². The molecule has 0 fully saturated rings. The molecule has 1 rings (SSSR count). The van der Waals surface area contributed by atoms with Crippen molar-refractivity contribution in [2.45, 2.75) is 0 Å². The van der Waals surface area contributed by atoms with Gasteiger partial charge < -0.3 is 4.74 Å². The lowest BCUT2D eigenvalue weighted by Crippen LogP contribution is -2.15. The smallest absolute Gasteiger partial charge is 0.369 e. The standard InChI is InChI=1S/C11H8N4O2/c1-17-11(16)10(7-13)15-14-9-4-2-8(6-12)3-5-9/h2-5,14H,1H3. The number of esters is 1. The molecule has 0 aliphatic carbocycles. The van der Waals surface area contributed by atoms with Crippen molar-refractivity contribution < 1.29 is 9.53 Å². The van der Waals surface area contributed by atoms with E-state index in [2.05, 4.69) is 15.3 Å². The van der Waals surface area contributed by atoms with Gasteiger partial charge in [0.1, 0.15) is 6.07 Å². The van der Waals surface area contributed by atoms with Crippen LogP contribution in [-0.2, 0) is 9.53 Å². The molecule has 1 N–H and O–H groups in total. The molecule has 0 aromatic heterocycles. The van der Waals surface area contributed by atoms with E-state index in [9.17, 15) is 4.79 Å². The Kier molecular flexibility index (Phi) is 4.23. The summed E-state index contributed by atoms with van der Waals surface area (Å²) in [5.74, 6) is -0.811. The zero-order valence-electron chi connectivity index (χ0n) is 8.97. The highest BCUT2D eigenvalue weighted by Gasteiger charge is 2.10. The number of nitriles is 2. The summed E-state index contributed by atoms with van der Waals surface area (Å²) in [7, 11) is 1.16. The highest BCUT2D eigenvalue weighted by molar-refractivity contribution is 6.43. The first-order valence-electron chi connectivity index (χ1n) is 4.53. The number of ether oxygens (including phenoxy) is 1. The number of nitrogens with one attached hydrogen (secondary N) is 1. The fourth-order valence-corrected chi connectivity index (χ4v) is 0.953. The van der Waals surface area contributed by atoms with Gasteiger partial charge >= 0.3 is 5.97 Å². The number of carbonyl (C=O) groups excluding carboxylic acids is 1. The van der Waals surface area contributed by atoms with Gasteiger partial charge in [0, 0.05) is 0 Å². The van der Waals surface area contributed by atoms with Crippen molar-refractivity contribution in [3.8, 4) is 12.1 Å². The molecule has 0 bridgehead atoms. The number of carbonyl (C=O) groups is 1. The van der Waals surface area contributed by atoms with Crippen LogP contribution in [0.1, 0.15) is 5.56 Å². The van der Waals surface area contributed by atoms with Crippen molar-refractivity contribution in [3.05, 3.63) is 29.8 Å². The number of hydrogen-bond acceptors (Lipinski definition) is 6. The van der Waals surface area contributed by atoms with Gasteiger partial charge in [-0.25, -0.2) is 4.79 Å². The molecule has 0 heterocycles. The minimum atomic E-state index is -0.811. The second kappa shape index (κ2) is 5.89. The molecular formula is C11H8N4O2. The maximum atomic E-state index is 11.0. The van der Waals surface area contributed by atoms with Gasteiger partial charge in [-0.2, -0.15) is 15.6 Å². The lowest BCUT2D eigenvalue weighted by Gasteiger charge is -2.00. The number of nitrogens with zero attached hydrogens (tertiary/aromatic N) is 3. The number of hydrogen-bond donors (Lipinski definition) is 1. The summed E-state index contributed by atoms with van der Waals surface area (Å²) in [5.41, 5.74) is 3.20. The molecule has 6 heteroatoms. The van der Waals surface area contributed by atoms with Crippen LogP contribution >= 0.6 is 0 Å². The molecule has 0 aliphatic heterocycles. The van der Waals surface area contributed by atoms with Gasteiger partial charge in [0.05, 0.1) is 24.4 Å². The van der Waals surface area contributed by atoms with Gasteiger partial charge in [0.25, 0.3) is 0 Å². The molecule has 17 heavy (non-hydrogen) atoms. The maximum absolute atomic E-state index is 11.0. The Morgan fingerprint density at radius 1 is 1.35 bits per heavy atom. The van der Waals surface area contributed by atoms with E-state index in [1.165, 1.54) is 0 Å². The van der Waals surface area contributed by atoms with E-state index in [4.69, 9.17) is 10.5 Å². The molecular weight excluding hydrogens is 220 g/mol. The van der Waals surface area contributed by atoms with E-state index < -0.39 is 5.97 Å². The minimum Gasteiger partial charge on any atom is -0.464 e. The Hall–Kier alpha value is -2.86. The van der Waals surface area contributed by atoms with Crippen molar-refractivity contribution >= 4 is 17.4 Å². The highest BCUT2D eigenvalue weighted by atomic mass is 16.5. The third kappa shape index (κ3) is 3.33. The number of hydrazone groups is 1. The Labute approximate surface area is 97.7 Å². The summed E-state index contributed by atoms with van der Waals surface area (Å²) in [5, 5.41) is 20.8. The number of rotatable bonds is 3. The van der Waals surface area contributed by atoms with E-state index in [0.29, 0.717) is 11.3 Å². The third-order valence-electron chi connectivity index (χ3n) is 1.80. The largest absolute Gasteiger partial charge is 0.464 e. The fraction of sp³-hybridized carbons (Fsp3) is 0.0909. The summed E-state index contributed by atoms with van der Waals surface area (Å²) in [6.07, 6.45) is 0. The summed E-state index contributed by atoms with van der Waals surface area (Å²) < 4.78 is 4.35. The second-order valence-corrected chi connectivity index (χ2v) is 2.86. The SMILES string of the molecule is COC(=O)C(C#N)=NNc1ccc(C#N)cc1. The molecule has 1 aromatic rings. The Balaban J connectivity index is 2.78. The normalized spacial score (nSPS) is 9.94. The topological polar surface area (TPSA) is 98.3 Å². The molecule has 0 radical (unpaired) electrons. The lowest BCUT2D eigenvalue weighted by atomic mass is 10.2. The number of methoxy groups -OCH3 is 1. The van der Waals surface area contributed by atoms with Gasteiger partial charge in [-0.1, -0.05) is 0 Å². The van der Waals surface area contributed by atoms with Gasteiger partial charge in [-0.05, 0) is 24.3 Å². The second-order valence-electron chi connectivity index (χ2n) is 2.86. The first kappa shape index (κ1) is 12.2. The summed E-state index contributed by atoms with van der Waals surface area (Å²) >= 11 is 0. The molecule has 0 amide bonds. The molecule has 0 atom stereocenters. The molecule has 0 saturated heterocycles. The number of anilines is 1. The van der Waals surface area contributed by atoms with E-state index >= 15 is 0 Å². The minimum absolute atomic E-state index is 0.378. The van der Waals surface area contributed by atoms with Crippen LogP contribution in [0.15, 0.2) is 29.4 Å². The first-order valence-corrected chi connectivity index (χ1v) is 4.53. The van der Waals surface area contributed by atoms with E-state index in [-0.39, 0.29) is 5.71 Å². The molecule has 1 aromatic carbocycles. The molecule has 0 saturated carbocycles. The van der Waals surface area contributed by atoms with E-state index in [1.54, 1.807) is 30.3 Å². The fourth-order valence-electron chi connectivity index (χ4n) is 0.953. The zero-order valence-corrected chi connectivity index (χ0v) is 8.97. The Morgan fingerprint density at radius 3 is 2.47 bits per heavy atom. The Bertz CT molecular complexity index is 520. The lowest BCUT2D eigenvalue weighted by molar-refractivity contribution is -0.132. The van der Waals surface area contributed by atoms with Crippen molar-refractivity contribution in [1.82, 2.24) is 0 Å². The summed E-state index contributed by atoms with van der Waals surface area (Å²) in [6.45, 7) is 0. The average molecular weight is 228 g/mol. The van der Waals surface area contributed by atoms with Crippen LogP contribution in [0.4, 0.5) is 5.69 Å². The summed E-state index contributed by atoms with van der Waals surface area (Å²) in [4.78, 5) is 11.0. The molecule has 6 nitrogen and oxygen atoms in total. The van der Waals surface area contributed by atoms with Crippen molar-refractivity contribution in [2.75, 3.05) is 12.5 Å². The predicted molar refractivity (Wildman–Crippen MR) is 59.8 cm³/mol. The van der Waals surface area contributed by atoms with Crippen LogP contribution in [0.3, 0.4) is 0 Å². The first-order chi connectivity index (χ1) is 8.21. The van der Waals surface area contributed by atoms with Crippen LogP contribution in [0, 0.1) is 22.7 Å². The van der Waals surface area contributed by atoms with E-state index in [1.807, 2.05) is 6.07 Å². The van der Waals surface area contributed by atoms with Gasteiger partial charge in [-0.3, -0.25) is 5.43 Å². The highest BCUT2D eigenvalue weighted by Crippen LogP contribution is 2.08. The average Bonchev–Trinajstić information content (AvgIpc) is 2.39. The van der Waals surface area contributed by atoms with Gasteiger partial charge in [0.2, 0.25) is 5.71 Å². The molecule has 0 aliphatic rings. The van der Waals surface area contributed by atoms with Crippen molar-refractivity contribution in [3.63, 3.8) is 0 Å². The van der Waals surface area contributed by atoms with Crippen LogP contribution in [-0.4, -0.2) is 18.8 Å². The van der Waals surface area contributed by atoms with E-state index in [0.717, 1.165) is 7.11 Å². The quantitative estimate of drug-likeness (QED) is 0.473. The number of benzene rings is 1. The summed E-state index contributed by atoms with van der Waals surface area (Å²) in [6, 6.07) is 9.96. The predicted octanol–water partition coefficient (Wildman–Crippen LogP) is 1.02. The van der Waals surface area contributed by atoms with Gasteiger partial charge in [-0.15, -0.1) is 0 Å². The maximum Gasteiger partial charge on any atom is 0.369 e. The zero-order chi connectivity index (χ0) is 12.7. The molecule has 0 spiro atoms. The Morgan fingerprint density at radius 2 is 2.00 bits per heavy atom. The third-order valence-corrected chi connectivity index (χ3v) is 1.80. The van der Waals surface area contributed by atoms with Crippen LogP contribution < -0.4 is 5.43 Å². The van der Waals surface area contributed by atoms with Crippen LogP contribution in [0.5, 0.6) is 0 Å². The monoisotopic (exact) mass is 228 g/mol. The van der Waals surface area contributed by atoms with Crippen molar-refractivity contribution in [1.29, 1.82) is 10.5 Å². The van der Waals surface area contributed by atoms with Crippen LogP contribution in [0.25, 0.3) is 0 Å².